The molecule has 1 heterocycles. The van der Waals surface area contributed by atoms with Gasteiger partial charge in [-0.05, 0) is 53.2 Å². The number of benzene rings is 1. The van der Waals surface area contributed by atoms with Crippen molar-refractivity contribution in [1.82, 2.24) is 5.32 Å². The molecular formula is C13H13BrFNO. The Morgan fingerprint density at radius 2 is 2.12 bits per heavy atom. The third-order valence-corrected chi connectivity index (χ3v) is 3.37. The van der Waals surface area contributed by atoms with E-state index in [2.05, 4.69) is 21.2 Å². The first kappa shape index (κ1) is 12.3. The van der Waals surface area contributed by atoms with Crippen molar-refractivity contribution >= 4 is 15.9 Å². The van der Waals surface area contributed by atoms with Crippen LogP contribution < -0.4 is 5.32 Å². The summed E-state index contributed by atoms with van der Waals surface area (Å²) in [4.78, 5) is 0. The first-order valence-corrected chi connectivity index (χ1v) is 6.09. The summed E-state index contributed by atoms with van der Waals surface area (Å²) in [5.74, 6) is 0.598. The molecule has 0 bridgehead atoms. The zero-order valence-corrected chi connectivity index (χ0v) is 11.2. The molecule has 0 saturated heterocycles. The molecule has 0 saturated carbocycles. The van der Waals surface area contributed by atoms with E-state index in [0.29, 0.717) is 5.56 Å². The zero-order chi connectivity index (χ0) is 12.4. The lowest BCUT2D eigenvalue weighted by Crippen LogP contribution is -2.17. The lowest BCUT2D eigenvalue weighted by atomic mass is 10.0. The van der Waals surface area contributed by atoms with Crippen LogP contribution in [0.4, 0.5) is 4.39 Å². The quantitative estimate of drug-likeness (QED) is 0.932. The minimum absolute atomic E-state index is 0.0846. The van der Waals surface area contributed by atoms with Crippen molar-refractivity contribution in [3.8, 4) is 0 Å². The minimum atomic E-state index is -0.192. The fraction of sp³-hybridized carbons (Fsp3) is 0.231. The summed E-state index contributed by atoms with van der Waals surface area (Å²) in [5.41, 5.74) is 1.60. The summed E-state index contributed by atoms with van der Waals surface area (Å²) in [7, 11) is 1.85. The van der Waals surface area contributed by atoms with Crippen LogP contribution in [0.3, 0.4) is 0 Å². The molecule has 0 aliphatic heterocycles. The number of nitrogens with one attached hydrogen (secondary N) is 1. The third kappa shape index (κ3) is 2.42. The van der Waals surface area contributed by atoms with Crippen molar-refractivity contribution in [2.45, 2.75) is 13.0 Å². The number of rotatable bonds is 3. The fourth-order valence-corrected chi connectivity index (χ4v) is 2.24. The standard InChI is InChI=1S/C13H13BrFNO/c1-8-7-9(3-4-11(8)15)12(16-2)13-10(14)5-6-17-13/h3-7,12,16H,1-2H3. The van der Waals surface area contributed by atoms with E-state index in [1.54, 1.807) is 19.3 Å². The maximum absolute atomic E-state index is 13.2. The van der Waals surface area contributed by atoms with E-state index in [-0.39, 0.29) is 11.9 Å². The Bertz CT molecular complexity index is 524. The van der Waals surface area contributed by atoms with Gasteiger partial charge in [0.25, 0.3) is 0 Å². The van der Waals surface area contributed by atoms with Crippen LogP contribution in [0.5, 0.6) is 0 Å². The van der Waals surface area contributed by atoms with Gasteiger partial charge in [0, 0.05) is 0 Å². The summed E-state index contributed by atoms with van der Waals surface area (Å²) in [6.45, 7) is 1.75. The highest BCUT2D eigenvalue weighted by molar-refractivity contribution is 9.10. The third-order valence-electron chi connectivity index (χ3n) is 2.71. The number of furan rings is 1. The lowest BCUT2D eigenvalue weighted by molar-refractivity contribution is 0.460. The zero-order valence-electron chi connectivity index (χ0n) is 9.63. The van der Waals surface area contributed by atoms with Crippen molar-refractivity contribution in [3.63, 3.8) is 0 Å². The maximum atomic E-state index is 13.2. The highest BCUT2D eigenvalue weighted by atomic mass is 79.9. The average molecular weight is 298 g/mol. The van der Waals surface area contributed by atoms with Crippen LogP contribution in [0, 0.1) is 12.7 Å². The molecule has 0 aliphatic rings. The van der Waals surface area contributed by atoms with Gasteiger partial charge in [-0.2, -0.15) is 0 Å². The molecule has 90 valence electrons. The molecule has 4 heteroatoms. The molecule has 0 fully saturated rings. The van der Waals surface area contributed by atoms with Crippen LogP contribution in [0.15, 0.2) is 39.4 Å². The molecule has 2 aromatic rings. The van der Waals surface area contributed by atoms with E-state index < -0.39 is 0 Å². The van der Waals surface area contributed by atoms with Crippen LogP contribution >= 0.6 is 15.9 Å². The predicted molar refractivity (Wildman–Crippen MR) is 68.4 cm³/mol. The number of hydrogen-bond acceptors (Lipinski definition) is 2. The molecule has 2 nitrogen and oxygen atoms in total. The van der Waals surface area contributed by atoms with Crippen molar-refractivity contribution < 1.29 is 8.81 Å². The van der Waals surface area contributed by atoms with Gasteiger partial charge in [-0.1, -0.05) is 12.1 Å². The predicted octanol–water partition coefficient (Wildman–Crippen LogP) is 3.80. The molecule has 1 atom stereocenters. The number of hydrogen-bond donors (Lipinski definition) is 1. The largest absolute Gasteiger partial charge is 0.466 e. The Labute approximate surface area is 108 Å². The summed E-state index contributed by atoms with van der Waals surface area (Å²) < 4.78 is 19.6. The monoisotopic (exact) mass is 297 g/mol. The molecule has 1 N–H and O–H groups in total. The van der Waals surface area contributed by atoms with Gasteiger partial charge in [0.2, 0.25) is 0 Å². The molecule has 0 radical (unpaired) electrons. The topological polar surface area (TPSA) is 25.2 Å². The van der Waals surface area contributed by atoms with Crippen LogP contribution in [-0.2, 0) is 0 Å². The Kier molecular flexibility index (Phi) is 3.64. The molecule has 0 amide bonds. The molecular weight excluding hydrogens is 285 g/mol. The molecule has 1 unspecified atom stereocenters. The maximum Gasteiger partial charge on any atom is 0.139 e. The van der Waals surface area contributed by atoms with E-state index in [1.807, 2.05) is 19.2 Å². The van der Waals surface area contributed by atoms with E-state index in [4.69, 9.17) is 4.42 Å². The van der Waals surface area contributed by atoms with Gasteiger partial charge in [-0.15, -0.1) is 0 Å². The Morgan fingerprint density at radius 3 is 2.65 bits per heavy atom. The van der Waals surface area contributed by atoms with Gasteiger partial charge in [-0.25, -0.2) is 4.39 Å². The van der Waals surface area contributed by atoms with Gasteiger partial charge in [0.15, 0.2) is 0 Å². The molecule has 2 rings (SSSR count). The van der Waals surface area contributed by atoms with Gasteiger partial charge in [0.1, 0.15) is 11.6 Å². The van der Waals surface area contributed by atoms with E-state index in [1.165, 1.54) is 6.07 Å². The molecule has 1 aromatic carbocycles. The summed E-state index contributed by atoms with van der Waals surface area (Å²) in [6, 6.07) is 6.82. The smallest absolute Gasteiger partial charge is 0.139 e. The van der Waals surface area contributed by atoms with E-state index in [0.717, 1.165) is 15.8 Å². The first-order chi connectivity index (χ1) is 8.13. The van der Waals surface area contributed by atoms with Gasteiger partial charge in [-0.3, -0.25) is 0 Å². The van der Waals surface area contributed by atoms with E-state index in [9.17, 15) is 4.39 Å². The fourth-order valence-electron chi connectivity index (χ4n) is 1.81. The second-order valence-electron chi connectivity index (χ2n) is 3.86. The van der Waals surface area contributed by atoms with Crippen molar-refractivity contribution in [3.05, 3.63) is 57.7 Å². The molecule has 17 heavy (non-hydrogen) atoms. The highest BCUT2D eigenvalue weighted by Gasteiger charge is 2.18. The van der Waals surface area contributed by atoms with Gasteiger partial charge in [0.05, 0.1) is 16.8 Å². The van der Waals surface area contributed by atoms with Crippen LogP contribution in [0.25, 0.3) is 0 Å². The van der Waals surface area contributed by atoms with Crippen LogP contribution in [0.1, 0.15) is 22.9 Å². The highest BCUT2D eigenvalue weighted by Crippen LogP contribution is 2.29. The van der Waals surface area contributed by atoms with Crippen molar-refractivity contribution in [2.75, 3.05) is 7.05 Å². The number of aryl methyl sites for hydroxylation is 1. The Morgan fingerprint density at radius 1 is 1.35 bits per heavy atom. The summed E-state index contributed by atoms with van der Waals surface area (Å²) in [5, 5.41) is 3.16. The molecule has 0 spiro atoms. The van der Waals surface area contributed by atoms with Crippen LogP contribution in [-0.4, -0.2) is 7.05 Å². The number of halogens is 2. The Balaban J connectivity index is 2.42. The van der Waals surface area contributed by atoms with Crippen molar-refractivity contribution in [1.29, 1.82) is 0 Å². The lowest BCUT2D eigenvalue weighted by Gasteiger charge is -2.15. The average Bonchev–Trinajstić information content (AvgIpc) is 2.71. The normalized spacial score (nSPS) is 12.7. The first-order valence-electron chi connectivity index (χ1n) is 5.29. The minimum Gasteiger partial charge on any atom is -0.466 e. The van der Waals surface area contributed by atoms with Crippen molar-refractivity contribution in [2.24, 2.45) is 0 Å². The Hall–Kier alpha value is -1.13. The second kappa shape index (κ2) is 5.02. The second-order valence-corrected chi connectivity index (χ2v) is 4.72. The molecule has 0 aliphatic carbocycles. The van der Waals surface area contributed by atoms with E-state index >= 15 is 0 Å². The van der Waals surface area contributed by atoms with Crippen LogP contribution in [0.2, 0.25) is 0 Å². The SMILES string of the molecule is CNC(c1ccc(F)c(C)c1)c1occc1Br. The van der Waals surface area contributed by atoms with Gasteiger partial charge < -0.3 is 9.73 Å². The summed E-state index contributed by atoms with van der Waals surface area (Å²) in [6.07, 6.45) is 1.63. The molecule has 1 aromatic heterocycles. The van der Waals surface area contributed by atoms with Gasteiger partial charge >= 0.3 is 0 Å². The summed E-state index contributed by atoms with van der Waals surface area (Å²) >= 11 is 3.43.